The molecule has 0 atom stereocenters. The summed E-state index contributed by atoms with van der Waals surface area (Å²) in [7, 11) is 3.34. The summed E-state index contributed by atoms with van der Waals surface area (Å²) in [5.41, 5.74) is 0.902. The molecule has 2 amide bonds. The molecule has 1 aromatic carbocycles. The van der Waals surface area contributed by atoms with Gasteiger partial charge in [-0.15, -0.1) is 11.3 Å². The van der Waals surface area contributed by atoms with E-state index in [-0.39, 0.29) is 11.8 Å². The Morgan fingerprint density at radius 2 is 2.00 bits per heavy atom. The van der Waals surface area contributed by atoms with E-state index in [2.05, 4.69) is 5.32 Å². The van der Waals surface area contributed by atoms with Crippen LogP contribution in [0.25, 0.3) is 0 Å². The number of hydrogen-bond donors (Lipinski definition) is 1. The van der Waals surface area contributed by atoms with E-state index in [1.54, 1.807) is 44.4 Å². The summed E-state index contributed by atoms with van der Waals surface area (Å²) in [6, 6.07) is 8.33. The molecule has 0 bridgehead atoms. The van der Waals surface area contributed by atoms with Crippen molar-refractivity contribution < 1.29 is 9.59 Å². The van der Waals surface area contributed by atoms with Crippen LogP contribution in [0, 0.1) is 0 Å². The molecular weight excluding hydrogens is 296 g/mol. The molecule has 2 aromatic rings. The fourth-order valence-corrected chi connectivity index (χ4v) is 2.39. The van der Waals surface area contributed by atoms with Crippen LogP contribution >= 0.6 is 22.9 Å². The molecule has 0 saturated carbocycles. The van der Waals surface area contributed by atoms with Crippen LogP contribution in [0.1, 0.15) is 20.0 Å². The molecule has 104 valence electrons. The number of amides is 2. The first kappa shape index (κ1) is 14.6. The predicted molar refractivity (Wildman–Crippen MR) is 81.7 cm³/mol. The largest absolute Gasteiger partial charge is 0.345 e. The van der Waals surface area contributed by atoms with Gasteiger partial charge in [0.25, 0.3) is 11.8 Å². The van der Waals surface area contributed by atoms with Gasteiger partial charge in [-0.1, -0.05) is 17.7 Å². The molecule has 6 heteroatoms. The van der Waals surface area contributed by atoms with Gasteiger partial charge in [-0.2, -0.15) is 0 Å². The molecule has 0 saturated heterocycles. The van der Waals surface area contributed by atoms with Gasteiger partial charge in [-0.05, 0) is 29.6 Å². The lowest BCUT2D eigenvalue weighted by molar-refractivity contribution is 0.0827. The number of nitrogens with zero attached hydrogens (tertiary/aromatic N) is 1. The Kier molecular flexibility index (Phi) is 4.42. The van der Waals surface area contributed by atoms with Crippen LogP contribution in [-0.4, -0.2) is 30.8 Å². The third kappa shape index (κ3) is 3.18. The van der Waals surface area contributed by atoms with Crippen molar-refractivity contribution in [3.05, 3.63) is 51.2 Å². The van der Waals surface area contributed by atoms with E-state index in [4.69, 9.17) is 11.6 Å². The third-order valence-electron chi connectivity index (χ3n) is 2.61. The second kappa shape index (κ2) is 6.07. The van der Waals surface area contributed by atoms with Gasteiger partial charge in [-0.3, -0.25) is 9.59 Å². The van der Waals surface area contributed by atoms with Crippen molar-refractivity contribution in [1.29, 1.82) is 0 Å². The Bertz CT molecular complexity index is 639. The Hall–Kier alpha value is -1.85. The molecule has 0 spiro atoms. The molecule has 20 heavy (non-hydrogen) atoms. The van der Waals surface area contributed by atoms with E-state index in [0.717, 1.165) is 0 Å². The van der Waals surface area contributed by atoms with Crippen molar-refractivity contribution in [1.82, 2.24) is 4.90 Å². The van der Waals surface area contributed by atoms with Gasteiger partial charge in [0.2, 0.25) is 0 Å². The van der Waals surface area contributed by atoms with Crippen molar-refractivity contribution in [3.63, 3.8) is 0 Å². The molecule has 1 heterocycles. The summed E-state index contributed by atoms with van der Waals surface area (Å²) in [6.45, 7) is 0. The van der Waals surface area contributed by atoms with Gasteiger partial charge < -0.3 is 10.2 Å². The minimum absolute atomic E-state index is 0.145. The lowest BCUT2D eigenvalue weighted by Gasteiger charge is -2.12. The molecule has 0 radical (unpaired) electrons. The quantitative estimate of drug-likeness (QED) is 0.945. The summed E-state index contributed by atoms with van der Waals surface area (Å²) in [6.07, 6.45) is 0. The number of hydrogen-bond acceptors (Lipinski definition) is 3. The van der Waals surface area contributed by atoms with Crippen LogP contribution in [0.4, 0.5) is 5.69 Å². The lowest BCUT2D eigenvalue weighted by Crippen LogP contribution is -2.22. The number of nitrogens with one attached hydrogen (secondary N) is 1. The highest BCUT2D eigenvalue weighted by Crippen LogP contribution is 2.24. The first-order valence-corrected chi connectivity index (χ1v) is 7.11. The SMILES string of the molecule is CN(C)C(=O)c1ccc(Cl)c(NC(=O)c2cccs2)c1. The van der Waals surface area contributed by atoms with Gasteiger partial charge in [0.05, 0.1) is 15.6 Å². The minimum atomic E-state index is -0.239. The van der Waals surface area contributed by atoms with Crippen molar-refractivity contribution in [2.24, 2.45) is 0 Å². The van der Waals surface area contributed by atoms with Crippen LogP contribution in [0.3, 0.4) is 0 Å². The summed E-state index contributed by atoms with van der Waals surface area (Å²) in [5, 5.41) is 4.93. The maximum Gasteiger partial charge on any atom is 0.265 e. The van der Waals surface area contributed by atoms with Gasteiger partial charge in [0, 0.05) is 19.7 Å². The Morgan fingerprint density at radius 1 is 1.25 bits per heavy atom. The second-order valence-electron chi connectivity index (χ2n) is 4.33. The van der Waals surface area contributed by atoms with Crippen LogP contribution < -0.4 is 5.32 Å². The van der Waals surface area contributed by atoms with Gasteiger partial charge in [-0.25, -0.2) is 0 Å². The van der Waals surface area contributed by atoms with E-state index in [9.17, 15) is 9.59 Å². The normalized spacial score (nSPS) is 10.2. The zero-order valence-electron chi connectivity index (χ0n) is 11.0. The molecular formula is C14H13ClN2O2S. The summed E-state index contributed by atoms with van der Waals surface area (Å²) >= 11 is 7.39. The molecule has 0 aliphatic carbocycles. The van der Waals surface area contributed by atoms with Crippen molar-refractivity contribution in [3.8, 4) is 0 Å². The molecule has 1 aromatic heterocycles. The summed E-state index contributed by atoms with van der Waals surface area (Å²) in [5.74, 6) is -0.385. The van der Waals surface area contributed by atoms with Gasteiger partial charge in [0.1, 0.15) is 0 Å². The highest BCUT2D eigenvalue weighted by Gasteiger charge is 2.13. The standard InChI is InChI=1S/C14H13ClN2O2S/c1-17(2)14(19)9-5-6-10(15)11(8-9)16-13(18)12-4-3-7-20-12/h3-8H,1-2H3,(H,16,18). The first-order valence-electron chi connectivity index (χ1n) is 5.85. The minimum Gasteiger partial charge on any atom is -0.345 e. The van der Waals surface area contributed by atoms with Crippen LogP contribution in [0.5, 0.6) is 0 Å². The first-order chi connectivity index (χ1) is 9.49. The van der Waals surface area contributed by atoms with Crippen LogP contribution in [0.2, 0.25) is 5.02 Å². The van der Waals surface area contributed by atoms with E-state index in [1.807, 2.05) is 5.38 Å². The highest BCUT2D eigenvalue weighted by molar-refractivity contribution is 7.12. The zero-order valence-corrected chi connectivity index (χ0v) is 12.6. The number of anilines is 1. The lowest BCUT2D eigenvalue weighted by atomic mass is 10.1. The fraction of sp³-hybridized carbons (Fsp3) is 0.143. The average molecular weight is 309 g/mol. The smallest absolute Gasteiger partial charge is 0.265 e. The molecule has 2 rings (SSSR count). The third-order valence-corrected chi connectivity index (χ3v) is 3.81. The number of halogens is 1. The Labute approximate surface area is 126 Å². The van der Waals surface area contributed by atoms with Gasteiger partial charge >= 0.3 is 0 Å². The van der Waals surface area contributed by atoms with Crippen molar-refractivity contribution in [2.75, 3.05) is 19.4 Å². The Morgan fingerprint density at radius 3 is 2.60 bits per heavy atom. The van der Waals surface area contributed by atoms with Crippen LogP contribution in [-0.2, 0) is 0 Å². The maximum absolute atomic E-state index is 12.0. The van der Waals surface area contributed by atoms with E-state index in [1.165, 1.54) is 16.2 Å². The number of carbonyl (C=O) groups is 2. The molecule has 1 N–H and O–H groups in total. The van der Waals surface area contributed by atoms with E-state index < -0.39 is 0 Å². The number of benzene rings is 1. The number of rotatable bonds is 3. The molecule has 0 aliphatic rings. The second-order valence-corrected chi connectivity index (χ2v) is 5.68. The fourth-order valence-electron chi connectivity index (χ4n) is 1.60. The monoisotopic (exact) mass is 308 g/mol. The van der Waals surface area contributed by atoms with Crippen molar-refractivity contribution in [2.45, 2.75) is 0 Å². The summed E-state index contributed by atoms with van der Waals surface area (Å²) in [4.78, 5) is 25.9. The maximum atomic E-state index is 12.0. The Balaban J connectivity index is 2.25. The number of thiophene rings is 1. The highest BCUT2D eigenvalue weighted by atomic mass is 35.5. The number of carbonyl (C=O) groups excluding carboxylic acids is 2. The molecule has 4 nitrogen and oxygen atoms in total. The summed E-state index contributed by atoms with van der Waals surface area (Å²) < 4.78 is 0. The molecule has 0 aliphatic heterocycles. The van der Waals surface area contributed by atoms with Crippen LogP contribution in [0.15, 0.2) is 35.7 Å². The average Bonchev–Trinajstić information content (AvgIpc) is 2.94. The van der Waals surface area contributed by atoms with E-state index in [0.29, 0.717) is 21.2 Å². The van der Waals surface area contributed by atoms with Gasteiger partial charge in [0.15, 0.2) is 0 Å². The zero-order chi connectivity index (χ0) is 14.7. The molecule has 0 fully saturated rings. The predicted octanol–water partition coefficient (Wildman–Crippen LogP) is 3.36. The molecule has 0 unspecified atom stereocenters. The topological polar surface area (TPSA) is 49.4 Å². The van der Waals surface area contributed by atoms with Crippen molar-refractivity contribution >= 4 is 40.4 Å². The van der Waals surface area contributed by atoms with E-state index >= 15 is 0 Å².